The Hall–Kier alpha value is -2.62. The molecule has 0 radical (unpaired) electrons. The highest BCUT2D eigenvalue weighted by Crippen LogP contribution is 2.82. The van der Waals surface area contributed by atoms with E-state index in [4.69, 9.17) is 15.2 Å². The molecule has 1 fully saturated rings. The molecule has 1 heterocycles. The molecule has 3 unspecified atom stereocenters. The molecule has 1 saturated carbocycles. The summed E-state index contributed by atoms with van der Waals surface area (Å²) in [5, 5.41) is 20.4. The fourth-order valence-electron chi connectivity index (χ4n) is 4.46. The quantitative estimate of drug-likeness (QED) is 0.456. The second-order valence-electron chi connectivity index (χ2n) is 7.88. The van der Waals surface area contributed by atoms with Crippen LogP contribution in [0.25, 0.3) is 0 Å². The Morgan fingerprint density at radius 1 is 1.10 bits per heavy atom. The second-order valence-corrected chi connectivity index (χ2v) is 7.88. The second kappa shape index (κ2) is 8.14. The Kier molecular flexibility index (Phi) is 6.05. The minimum absolute atomic E-state index is 0.146. The molecule has 0 spiro atoms. The molecule has 2 aliphatic rings. The maximum Gasteiger partial charge on any atom is 0.416 e. The van der Waals surface area contributed by atoms with E-state index in [1.165, 1.54) is 12.1 Å². The summed E-state index contributed by atoms with van der Waals surface area (Å²) in [6, 6.07) is 8.84. The lowest BCUT2D eigenvalue weighted by Gasteiger charge is -2.32. The normalized spacial score (nSPS) is 28.4. The number of hydrogen-bond acceptors (Lipinski definition) is 6. The van der Waals surface area contributed by atoms with Crippen molar-refractivity contribution in [2.75, 3.05) is 13.2 Å². The summed E-state index contributed by atoms with van der Waals surface area (Å²) in [6.45, 7) is 4.34. The van der Waals surface area contributed by atoms with Gasteiger partial charge in [-0.15, -0.1) is 0 Å². The van der Waals surface area contributed by atoms with Gasteiger partial charge in [0.2, 0.25) is 0 Å². The minimum atomic E-state index is -4.56. The predicted octanol–water partition coefficient (Wildman–Crippen LogP) is 4.48. The van der Waals surface area contributed by atoms with Crippen LogP contribution in [0.2, 0.25) is 0 Å². The maximum atomic E-state index is 13.3. The van der Waals surface area contributed by atoms with Crippen molar-refractivity contribution in [1.82, 2.24) is 0 Å². The van der Waals surface area contributed by atoms with E-state index in [0.29, 0.717) is 12.8 Å². The van der Waals surface area contributed by atoms with E-state index in [1.54, 1.807) is 0 Å². The van der Waals surface area contributed by atoms with E-state index in [-0.39, 0.29) is 24.6 Å². The van der Waals surface area contributed by atoms with Crippen molar-refractivity contribution in [1.29, 1.82) is 10.5 Å². The first-order chi connectivity index (χ1) is 14.7. The maximum absolute atomic E-state index is 13.3. The van der Waals surface area contributed by atoms with Gasteiger partial charge in [-0.1, -0.05) is 44.9 Å². The van der Waals surface area contributed by atoms with Crippen molar-refractivity contribution < 1.29 is 22.6 Å². The summed E-state index contributed by atoms with van der Waals surface area (Å²) in [4.78, 5) is 4.31. The van der Waals surface area contributed by atoms with Crippen LogP contribution < -0.4 is 5.73 Å². The summed E-state index contributed by atoms with van der Waals surface area (Å²) >= 11 is 0. The van der Waals surface area contributed by atoms with Gasteiger partial charge in [-0.3, -0.25) is 0 Å². The molecule has 3 rings (SSSR count). The molecule has 31 heavy (non-hydrogen) atoms. The zero-order valence-electron chi connectivity index (χ0n) is 17.5. The number of ether oxygens (including phenoxy) is 2. The van der Waals surface area contributed by atoms with E-state index in [0.717, 1.165) is 25.0 Å². The number of nitrogens with two attached hydrogens (primary N) is 1. The molecule has 1 aliphatic carbocycles. The van der Waals surface area contributed by atoms with Crippen LogP contribution in [0, 0.1) is 33.5 Å². The Balaban J connectivity index is 2.13. The first-order valence-electron chi connectivity index (χ1n) is 10.3. The number of hydrogen-bond donors (Lipinski definition) is 1. The third-order valence-electron chi connectivity index (χ3n) is 6.07. The summed E-state index contributed by atoms with van der Waals surface area (Å²) in [5.41, 5.74) is 2.17. The van der Waals surface area contributed by atoms with Crippen LogP contribution in [-0.4, -0.2) is 25.0 Å². The van der Waals surface area contributed by atoms with Crippen molar-refractivity contribution in [3.63, 3.8) is 0 Å². The molecule has 0 aromatic heterocycles. The van der Waals surface area contributed by atoms with E-state index in [2.05, 4.69) is 17.1 Å². The van der Waals surface area contributed by atoms with Gasteiger partial charge in [-0.25, -0.2) is 4.99 Å². The number of nitriles is 2. The van der Waals surface area contributed by atoms with Gasteiger partial charge in [0.05, 0.1) is 30.9 Å². The summed E-state index contributed by atoms with van der Waals surface area (Å²) < 4.78 is 51.9. The molecule has 1 aliphatic heterocycles. The molecule has 9 heteroatoms. The Labute approximate surface area is 179 Å². The molecular formula is C22H25F3N4O2. The van der Waals surface area contributed by atoms with Gasteiger partial charge in [0.1, 0.15) is 11.3 Å². The highest BCUT2D eigenvalue weighted by molar-refractivity contribution is 6.00. The van der Waals surface area contributed by atoms with Crippen molar-refractivity contribution in [2.45, 2.75) is 57.5 Å². The Morgan fingerprint density at radius 2 is 1.71 bits per heavy atom. The summed E-state index contributed by atoms with van der Waals surface area (Å²) in [5.74, 6) is -2.95. The van der Waals surface area contributed by atoms with Gasteiger partial charge in [-0.05, 0) is 24.5 Å². The zero-order valence-corrected chi connectivity index (χ0v) is 17.5. The van der Waals surface area contributed by atoms with Gasteiger partial charge in [0, 0.05) is 5.92 Å². The number of amidine groups is 1. The lowest BCUT2D eigenvalue weighted by atomic mass is 9.93. The van der Waals surface area contributed by atoms with Crippen LogP contribution in [0.5, 0.6) is 0 Å². The summed E-state index contributed by atoms with van der Waals surface area (Å²) in [6.07, 6.45) is -1.63. The molecule has 1 aromatic carbocycles. The number of nitrogens with zero attached hydrogens (tertiary/aromatic N) is 3. The number of halogens is 3. The highest BCUT2D eigenvalue weighted by Gasteiger charge is 2.93. The van der Waals surface area contributed by atoms with Crippen molar-refractivity contribution in [3.05, 3.63) is 35.4 Å². The molecule has 166 valence electrons. The number of alkyl halides is 3. The molecule has 2 N–H and O–H groups in total. The third kappa shape index (κ3) is 3.19. The van der Waals surface area contributed by atoms with Gasteiger partial charge in [0.15, 0.2) is 5.41 Å². The van der Waals surface area contributed by atoms with E-state index in [9.17, 15) is 23.7 Å². The molecule has 3 atom stereocenters. The number of aliphatic imine (C=N–C) groups is 1. The fraction of sp³-hybridized carbons (Fsp3) is 0.591. The molecule has 6 nitrogen and oxygen atoms in total. The van der Waals surface area contributed by atoms with Crippen molar-refractivity contribution >= 4 is 5.84 Å². The molecular weight excluding hydrogens is 409 g/mol. The van der Waals surface area contributed by atoms with Crippen LogP contribution in [0.15, 0.2) is 29.3 Å². The van der Waals surface area contributed by atoms with Gasteiger partial charge in [-0.2, -0.15) is 23.7 Å². The fourth-order valence-corrected chi connectivity index (χ4v) is 4.46. The zero-order chi connectivity index (χ0) is 22.9. The average molecular weight is 434 g/mol. The van der Waals surface area contributed by atoms with Gasteiger partial charge < -0.3 is 15.2 Å². The monoisotopic (exact) mass is 434 g/mol. The standard InChI is InChI=1S/C22H25F3N4O2/c1-3-5-10-30-22(31-11-6-4-2)20(14-27)17(19(20,13-26)18(28)29-22)15-8-7-9-16(12-15)21(23,24)25/h7-9,12,17H,3-6,10-11H2,1-2H3,(H2,28,29). The lowest BCUT2D eigenvalue weighted by molar-refractivity contribution is -0.260. The van der Waals surface area contributed by atoms with E-state index in [1.807, 2.05) is 13.8 Å². The molecule has 0 saturated heterocycles. The molecule has 0 bridgehead atoms. The van der Waals surface area contributed by atoms with Gasteiger partial charge >= 0.3 is 6.18 Å². The number of rotatable bonds is 9. The summed E-state index contributed by atoms with van der Waals surface area (Å²) in [7, 11) is 0. The van der Waals surface area contributed by atoms with E-state index < -0.39 is 34.4 Å². The smallest absolute Gasteiger partial charge is 0.386 e. The molecule has 0 amide bonds. The van der Waals surface area contributed by atoms with Crippen LogP contribution >= 0.6 is 0 Å². The van der Waals surface area contributed by atoms with E-state index >= 15 is 0 Å². The molecule has 1 aromatic rings. The lowest BCUT2D eigenvalue weighted by Crippen LogP contribution is -2.44. The Bertz CT molecular complexity index is 939. The largest absolute Gasteiger partial charge is 0.416 e. The number of fused-ring (bicyclic) bond motifs is 1. The highest BCUT2D eigenvalue weighted by atomic mass is 19.4. The first-order valence-corrected chi connectivity index (χ1v) is 10.3. The Morgan fingerprint density at radius 3 is 2.19 bits per heavy atom. The van der Waals surface area contributed by atoms with Crippen LogP contribution in [-0.2, 0) is 15.7 Å². The minimum Gasteiger partial charge on any atom is -0.386 e. The third-order valence-corrected chi connectivity index (χ3v) is 6.07. The van der Waals surface area contributed by atoms with Gasteiger partial charge in [0.25, 0.3) is 5.91 Å². The average Bonchev–Trinajstić information content (AvgIpc) is 3.32. The number of benzene rings is 1. The van der Waals surface area contributed by atoms with Crippen LogP contribution in [0.4, 0.5) is 13.2 Å². The number of unbranched alkanes of at least 4 members (excludes halogenated alkanes) is 2. The van der Waals surface area contributed by atoms with Crippen LogP contribution in [0.3, 0.4) is 0 Å². The topological polar surface area (TPSA) is 104 Å². The first kappa shape index (κ1) is 23.1. The van der Waals surface area contributed by atoms with Crippen molar-refractivity contribution in [3.8, 4) is 12.1 Å². The van der Waals surface area contributed by atoms with Crippen LogP contribution in [0.1, 0.15) is 56.6 Å². The predicted molar refractivity (Wildman–Crippen MR) is 106 cm³/mol. The SMILES string of the molecule is CCCCOC1(OCCCC)N=C(N)C2(C#N)C(c3cccc(C(F)(F)F)c3)C12C#N. The van der Waals surface area contributed by atoms with Crippen molar-refractivity contribution in [2.24, 2.45) is 21.6 Å².